The van der Waals surface area contributed by atoms with Crippen LogP contribution in [0.2, 0.25) is 0 Å². The molecule has 0 radical (unpaired) electrons. The lowest BCUT2D eigenvalue weighted by Crippen LogP contribution is -2.18. The van der Waals surface area contributed by atoms with E-state index < -0.39 is 0 Å². The maximum atomic E-state index is 4.33. The largest absolute Gasteiger partial charge is 0.338 e. The molecule has 0 aliphatic rings. The van der Waals surface area contributed by atoms with Gasteiger partial charge in [0.15, 0.2) is 0 Å². The van der Waals surface area contributed by atoms with Crippen molar-refractivity contribution in [2.45, 2.75) is 13.0 Å². The third-order valence-electron chi connectivity index (χ3n) is 3.64. The average Bonchev–Trinajstić information content (AvgIpc) is 2.89. The predicted octanol–water partition coefficient (Wildman–Crippen LogP) is 2.91. The lowest BCUT2D eigenvalue weighted by molar-refractivity contribution is 0.657. The van der Waals surface area contributed by atoms with E-state index in [1.54, 1.807) is 0 Å². The molecule has 1 heterocycles. The van der Waals surface area contributed by atoms with Gasteiger partial charge in [-0.1, -0.05) is 42.5 Å². The summed E-state index contributed by atoms with van der Waals surface area (Å²) >= 11 is 0. The van der Waals surface area contributed by atoms with Gasteiger partial charge >= 0.3 is 0 Å². The normalized spacial score (nSPS) is 11.1. The second kappa shape index (κ2) is 5.88. The number of imidazole rings is 1. The molecule has 0 aliphatic heterocycles. The minimum absolute atomic E-state index is 0.895. The van der Waals surface area contributed by atoms with Crippen LogP contribution in [0.3, 0.4) is 0 Å². The van der Waals surface area contributed by atoms with E-state index in [-0.39, 0.29) is 0 Å². The average molecular weight is 265 g/mol. The molecule has 3 aromatic rings. The monoisotopic (exact) mass is 265 g/mol. The molecule has 0 bridgehead atoms. The van der Waals surface area contributed by atoms with Crippen molar-refractivity contribution in [3.8, 4) is 0 Å². The van der Waals surface area contributed by atoms with Crippen LogP contribution in [0, 0.1) is 0 Å². The lowest BCUT2D eigenvalue weighted by atomic mass is 10.0. The Bertz CT molecular complexity index is 695. The standard InChI is InChI=1S/C17H19N3/c1-20-12-11-19-17(20)9-10-18-13-15-7-4-6-14-5-2-3-8-16(14)15/h2-8,11-12,18H,9-10,13H2,1H3. The zero-order chi connectivity index (χ0) is 13.8. The van der Waals surface area contributed by atoms with Crippen molar-refractivity contribution in [2.75, 3.05) is 6.54 Å². The molecule has 1 aromatic heterocycles. The predicted molar refractivity (Wildman–Crippen MR) is 82.6 cm³/mol. The van der Waals surface area contributed by atoms with Gasteiger partial charge in [0.1, 0.15) is 5.82 Å². The van der Waals surface area contributed by atoms with E-state index in [2.05, 4.69) is 57.3 Å². The zero-order valence-electron chi connectivity index (χ0n) is 11.7. The number of benzene rings is 2. The zero-order valence-corrected chi connectivity index (χ0v) is 11.7. The van der Waals surface area contributed by atoms with E-state index in [0.29, 0.717) is 0 Å². The third-order valence-corrected chi connectivity index (χ3v) is 3.64. The lowest BCUT2D eigenvalue weighted by Gasteiger charge is -2.08. The second-order valence-corrected chi connectivity index (χ2v) is 5.02. The van der Waals surface area contributed by atoms with Gasteiger partial charge in [0.2, 0.25) is 0 Å². The first kappa shape index (κ1) is 12.9. The Hall–Kier alpha value is -2.13. The Morgan fingerprint density at radius 1 is 1.10 bits per heavy atom. The summed E-state index contributed by atoms with van der Waals surface area (Å²) in [7, 11) is 2.03. The van der Waals surface area contributed by atoms with Crippen LogP contribution in [-0.4, -0.2) is 16.1 Å². The summed E-state index contributed by atoms with van der Waals surface area (Å²) in [6.45, 7) is 1.83. The highest BCUT2D eigenvalue weighted by Gasteiger charge is 2.01. The molecule has 0 atom stereocenters. The van der Waals surface area contributed by atoms with Crippen molar-refractivity contribution in [1.82, 2.24) is 14.9 Å². The molecule has 0 unspecified atom stereocenters. The first-order chi connectivity index (χ1) is 9.84. The molecule has 102 valence electrons. The van der Waals surface area contributed by atoms with Crippen LogP contribution in [0.15, 0.2) is 54.9 Å². The maximum absolute atomic E-state index is 4.33. The number of nitrogens with zero attached hydrogens (tertiary/aromatic N) is 2. The summed E-state index contributed by atoms with van der Waals surface area (Å²) in [5.41, 5.74) is 1.35. The van der Waals surface area contributed by atoms with Crippen molar-refractivity contribution < 1.29 is 0 Å². The highest BCUT2D eigenvalue weighted by molar-refractivity contribution is 5.85. The summed E-state index contributed by atoms with van der Waals surface area (Å²) in [5, 5.41) is 6.14. The molecular formula is C17H19N3. The first-order valence-electron chi connectivity index (χ1n) is 6.98. The van der Waals surface area contributed by atoms with Crippen LogP contribution < -0.4 is 5.32 Å². The summed E-state index contributed by atoms with van der Waals surface area (Å²) in [6, 6.07) is 15.0. The number of rotatable bonds is 5. The number of fused-ring (bicyclic) bond motifs is 1. The molecule has 0 saturated carbocycles. The van der Waals surface area contributed by atoms with Crippen LogP contribution in [0.4, 0.5) is 0 Å². The molecule has 3 rings (SSSR count). The molecule has 3 nitrogen and oxygen atoms in total. The van der Waals surface area contributed by atoms with Gasteiger partial charge in [-0.05, 0) is 16.3 Å². The Morgan fingerprint density at radius 2 is 1.95 bits per heavy atom. The molecule has 20 heavy (non-hydrogen) atoms. The van der Waals surface area contributed by atoms with Crippen molar-refractivity contribution in [2.24, 2.45) is 7.05 Å². The van der Waals surface area contributed by atoms with E-state index >= 15 is 0 Å². The highest BCUT2D eigenvalue weighted by Crippen LogP contribution is 2.18. The Kier molecular flexibility index (Phi) is 3.79. The molecule has 3 heteroatoms. The van der Waals surface area contributed by atoms with E-state index in [1.807, 2.05) is 19.4 Å². The molecule has 0 aliphatic carbocycles. The van der Waals surface area contributed by atoms with Crippen LogP contribution in [0.25, 0.3) is 10.8 Å². The Labute approximate surface area is 119 Å². The SMILES string of the molecule is Cn1ccnc1CCNCc1cccc2ccccc12. The van der Waals surface area contributed by atoms with Crippen LogP contribution in [-0.2, 0) is 20.0 Å². The number of aromatic nitrogens is 2. The van der Waals surface area contributed by atoms with Gasteiger partial charge in [0, 0.05) is 39.0 Å². The molecule has 0 saturated heterocycles. The van der Waals surface area contributed by atoms with E-state index in [1.165, 1.54) is 16.3 Å². The van der Waals surface area contributed by atoms with Gasteiger partial charge in [-0.25, -0.2) is 4.98 Å². The minimum atomic E-state index is 0.895. The molecule has 0 spiro atoms. The molecular weight excluding hydrogens is 246 g/mol. The maximum Gasteiger partial charge on any atom is 0.109 e. The third kappa shape index (κ3) is 2.73. The van der Waals surface area contributed by atoms with E-state index in [9.17, 15) is 0 Å². The van der Waals surface area contributed by atoms with Crippen LogP contribution in [0.5, 0.6) is 0 Å². The summed E-state index contributed by atoms with van der Waals surface area (Å²) in [4.78, 5) is 4.33. The molecule has 0 amide bonds. The fourth-order valence-corrected chi connectivity index (χ4v) is 2.51. The van der Waals surface area contributed by atoms with Gasteiger partial charge < -0.3 is 9.88 Å². The smallest absolute Gasteiger partial charge is 0.109 e. The summed E-state index contributed by atoms with van der Waals surface area (Å²) < 4.78 is 2.07. The van der Waals surface area contributed by atoms with Gasteiger partial charge in [0.05, 0.1) is 0 Å². The van der Waals surface area contributed by atoms with Crippen molar-refractivity contribution >= 4 is 10.8 Å². The molecule has 0 fully saturated rings. The number of nitrogens with one attached hydrogen (secondary N) is 1. The van der Waals surface area contributed by atoms with Gasteiger partial charge in [0.25, 0.3) is 0 Å². The number of aryl methyl sites for hydroxylation is 1. The van der Waals surface area contributed by atoms with E-state index in [0.717, 1.165) is 25.3 Å². The van der Waals surface area contributed by atoms with Gasteiger partial charge in [-0.2, -0.15) is 0 Å². The molecule has 1 N–H and O–H groups in total. The Morgan fingerprint density at radius 3 is 2.80 bits per heavy atom. The fourth-order valence-electron chi connectivity index (χ4n) is 2.51. The van der Waals surface area contributed by atoms with Crippen molar-refractivity contribution in [3.05, 3.63) is 66.2 Å². The van der Waals surface area contributed by atoms with Crippen molar-refractivity contribution in [1.29, 1.82) is 0 Å². The number of hydrogen-bond acceptors (Lipinski definition) is 2. The highest BCUT2D eigenvalue weighted by atomic mass is 15.0. The second-order valence-electron chi connectivity index (χ2n) is 5.02. The first-order valence-corrected chi connectivity index (χ1v) is 6.98. The van der Waals surface area contributed by atoms with Crippen LogP contribution in [0.1, 0.15) is 11.4 Å². The summed E-state index contributed by atoms with van der Waals surface area (Å²) in [6.07, 6.45) is 4.79. The summed E-state index contributed by atoms with van der Waals surface area (Å²) in [5.74, 6) is 1.12. The van der Waals surface area contributed by atoms with Crippen LogP contribution >= 0.6 is 0 Å². The number of hydrogen-bond donors (Lipinski definition) is 1. The van der Waals surface area contributed by atoms with Crippen molar-refractivity contribution in [3.63, 3.8) is 0 Å². The Balaban J connectivity index is 1.62. The molecule has 2 aromatic carbocycles. The van der Waals surface area contributed by atoms with Gasteiger partial charge in [-0.15, -0.1) is 0 Å². The fraction of sp³-hybridized carbons (Fsp3) is 0.235. The topological polar surface area (TPSA) is 29.9 Å². The quantitative estimate of drug-likeness (QED) is 0.719. The van der Waals surface area contributed by atoms with E-state index in [4.69, 9.17) is 0 Å². The minimum Gasteiger partial charge on any atom is -0.338 e. The van der Waals surface area contributed by atoms with Gasteiger partial charge in [-0.3, -0.25) is 0 Å².